The van der Waals surface area contributed by atoms with Gasteiger partial charge in [-0.1, -0.05) is 12.1 Å². The number of hydrogen-bond acceptors (Lipinski definition) is 5. The fraction of sp³-hybridized carbons (Fsp3) is 0.500. The maximum atomic E-state index is 12.3. The highest BCUT2D eigenvalue weighted by Gasteiger charge is 2.52. The summed E-state index contributed by atoms with van der Waals surface area (Å²) in [5.41, 5.74) is 0.400. The Morgan fingerprint density at radius 1 is 1.48 bits per heavy atom. The zero-order valence-corrected chi connectivity index (χ0v) is 13.2. The quantitative estimate of drug-likeness (QED) is 0.873. The van der Waals surface area contributed by atoms with E-state index in [4.69, 9.17) is 14.2 Å². The van der Waals surface area contributed by atoms with Gasteiger partial charge < -0.3 is 24.4 Å². The number of nitrogens with one attached hydrogen (secondary N) is 1. The number of methoxy groups -OCH3 is 1. The molecule has 23 heavy (non-hydrogen) atoms. The van der Waals surface area contributed by atoms with Gasteiger partial charge in [0.25, 0.3) is 5.91 Å². The molecule has 7 heteroatoms. The van der Waals surface area contributed by atoms with Crippen molar-refractivity contribution in [3.63, 3.8) is 0 Å². The smallest absolute Gasteiger partial charge is 0.408 e. The molecule has 1 aromatic rings. The molecule has 0 radical (unpaired) electrons. The zero-order valence-electron chi connectivity index (χ0n) is 13.2. The van der Waals surface area contributed by atoms with Crippen LogP contribution in [0.2, 0.25) is 0 Å². The Morgan fingerprint density at radius 2 is 2.26 bits per heavy atom. The number of alkyl carbamates (subject to hydrolysis) is 1. The van der Waals surface area contributed by atoms with E-state index in [9.17, 15) is 9.59 Å². The average Bonchev–Trinajstić information content (AvgIpc) is 2.93. The minimum atomic E-state index is -0.552. The van der Waals surface area contributed by atoms with Crippen LogP contribution in [0.3, 0.4) is 0 Å². The van der Waals surface area contributed by atoms with E-state index in [-0.39, 0.29) is 5.91 Å². The minimum absolute atomic E-state index is 0.0959. The third kappa shape index (κ3) is 3.24. The van der Waals surface area contributed by atoms with Crippen molar-refractivity contribution in [1.82, 2.24) is 10.2 Å². The van der Waals surface area contributed by atoms with Crippen LogP contribution in [0.4, 0.5) is 4.79 Å². The lowest BCUT2D eigenvalue weighted by Gasteiger charge is -2.46. The number of nitrogens with zero attached hydrogens (tertiary/aromatic N) is 1. The summed E-state index contributed by atoms with van der Waals surface area (Å²) in [4.78, 5) is 25.1. The van der Waals surface area contributed by atoms with E-state index in [2.05, 4.69) is 5.32 Å². The second kappa shape index (κ2) is 6.08. The number of likely N-dealkylation sites (tertiary alicyclic amines) is 1. The van der Waals surface area contributed by atoms with Gasteiger partial charge in [0, 0.05) is 0 Å². The normalized spacial score (nSPS) is 19.7. The Hall–Kier alpha value is -2.28. The summed E-state index contributed by atoms with van der Waals surface area (Å²) in [6.45, 7) is 3.34. The third-order valence-corrected chi connectivity index (χ3v) is 4.12. The Morgan fingerprint density at radius 3 is 2.91 bits per heavy atom. The van der Waals surface area contributed by atoms with Crippen LogP contribution in [0.15, 0.2) is 24.3 Å². The molecule has 0 aliphatic carbocycles. The number of rotatable bonds is 5. The van der Waals surface area contributed by atoms with E-state index in [0.29, 0.717) is 26.2 Å². The zero-order chi connectivity index (χ0) is 16.4. The minimum Gasteiger partial charge on any atom is -0.497 e. The van der Waals surface area contributed by atoms with Crippen LogP contribution < -0.4 is 10.1 Å². The van der Waals surface area contributed by atoms with E-state index in [1.54, 1.807) is 18.9 Å². The maximum absolute atomic E-state index is 12.3. The molecule has 2 amide bonds. The highest BCUT2D eigenvalue weighted by atomic mass is 16.6. The van der Waals surface area contributed by atoms with Crippen LogP contribution in [0, 0.1) is 0 Å². The van der Waals surface area contributed by atoms with Gasteiger partial charge >= 0.3 is 6.09 Å². The molecule has 2 aliphatic heterocycles. The fourth-order valence-corrected chi connectivity index (χ4v) is 2.80. The van der Waals surface area contributed by atoms with Gasteiger partial charge in [0.15, 0.2) is 5.60 Å². The second-order valence-electron chi connectivity index (χ2n) is 5.93. The van der Waals surface area contributed by atoms with E-state index in [0.717, 1.165) is 11.3 Å². The SMILES string of the molecule is COc1cccc(COC(C)C(=O)N2CC3(CNC(=O)O3)C2)c1. The first-order chi connectivity index (χ1) is 11.0. The summed E-state index contributed by atoms with van der Waals surface area (Å²) >= 11 is 0. The van der Waals surface area contributed by atoms with Crippen LogP contribution in [0.5, 0.6) is 5.75 Å². The lowest BCUT2D eigenvalue weighted by molar-refractivity contribution is -0.161. The predicted octanol–water partition coefficient (Wildman–Crippen LogP) is 0.921. The molecule has 1 unspecified atom stereocenters. The van der Waals surface area contributed by atoms with Crippen molar-refractivity contribution in [2.24, 2.45) is 0 Å². The molecular weight excluding hydrogens is 300 g/mol. The molecule has 0 saturated carbocycles. The van der Waals surface area contributed by atoms with Crippen LogP contribution >= 0.6 is 0 Å². The van der Waals surface area contributed by atoms with Crippen molar-refractivity contribution in [2.45, 2.75) is 25.2 Å². The van der Waals surface area contributed by atoms with Gasteiger partial charge in [-0.3, -0.25) is 4.79 Å². The third-order valence-electron chi connectivity index (χ3n) is 4.12. The standard InChI is InChI=1S/C16H20N2O5/c1-11(22-7-12-4-3-5-13(6-12)21-2)14(19)18-9-16(10-18)8-17-15(20)23-16/h3-6,11H,7-10H2,1-2H3,(H,17,20). The Balaban J connectivity index is 1.48. The first-order valence-electron chi connectivity index (χ1n) is 7.51. The Bertz CT molecular complexity index is 612. The lowest BCUT2D eigenvalue weighted by Crippen LogP contribution is -2.66. The van der Waals surface area contributed by atoms with Gasteiger partial charge in [-0.15, -0.1) is 0 Å². The predicted molar refractivity (Wildman–Crippen MR) is 81.0 cm³/mol. The van der Waals surface area contributed by atoms with Gasteiger partial charge in [0.1, 0.15) is 11.9 Å². The monoisotopic (exact) mass is 320 g/mol. The average molecular weight is 320 g/mol. The van der Waals surface area contributed by atoms with Gasteiger partial charge in [0.2, 0.25) is 0 Å². The second-order valence-corrected chi connectivity index (χ2v) is 5.93. The van der Waals surface area contributed by atoms with Gasteiger partial charge in [-0.05, 0) is 24.6 Å². The molecule has 2 saturated heterocycles. The van der Waals surface area contributed by atoms with Crippen LogP contribution in [0.1, 0.15) is 12.5 Å². The highest BCUT2D eigenvalue weighted by Crippen LogP contribution is 2.29. The molecule has 0 bridgehead atoms. The van der Waals surface area contributed by atoms with Crippen molar-refractivity contribution < 1.29 is 23.8 Å². The first-order valence-corrected chi connectivity index (χ1v) is 7.51. The number of carbonyl (C=O) groups excluding carboxylic acids is 2. The van der Waals surface area contributed by atoms with Crippen LogP contribution in [-0.4, -0.2) is 55.3 Å². The van der Waals surface area contributed by atoms with Crippen molar-refractivity contribution >= 4 is 12.0 Å². The van der Waals surface area contributed by atoms with Crippen LogP contribution in [-0.2, 0) is 20.9 Å². The number of amides is 2. The molecule has 2 aliphatic rings. The fourth-order valence-electron chi connectivity index (χ4n) is 2.80. The molecule has 0 aromatic heterocycles. The Labute approximate surface area is 134 Å². The lowest BCUT2D eigenvalue weighted by atomic mass is 9.94. The first kappa shape index (κ1) is 15.6. The van der Waals surface area contributed by atoms with E-state index in [1.165, 1.54) is 0 Å². The van der Waals surface area contributed by atoms with Crippen LogP contribution in [0.25, 0.3) is 0 Å². The number of hydrogen-bond donors (Lipinski definition) is 1. The number of carbonyl (C=O) groups is 2. The molecule has 124 valence electrons. The van der Waals surface area contributed by atoms with Gasteiger partial charge in [0.05, 0.1) is 33.4 Å². The summed E-state index contributed by atoms with van der Waals surface area (Å²) in [5, 5.41) is 2.62. The number of ether oxygens (including phenoxy) is 3. The van der Waals surface area contributed by atoms with Gasteiger partial charge in [-0.2, -0.15) is 0 Å². The molecule has 2 heterocycles. The maximum Gasteiger partial charge on any atom is 0.408 e. The largest absolute Gasteiger partial charge is 0.497 e. The molecule has 1 spiro atoms. The molecular formula is C16H20N2O5. The summed E-state index contributed by atoms with van der Waals surface area (Å²) in [5.74, 6) is 0.659. The molecule has 2 fully saturated rings. The van der Waals surface area contributed by atoms with E-state index >= 15 is 0 Å². The topological polar surface area (TPSA) is 77.1 Å². The summed E-state index contributed by atoms with van der Waals surface area (Å²) in [7, 11) is 1.61. The molecule has 1 N–H and O–H groups in total. The Kier molecular flexibility index (Phi) is 4.12. The summed E-state index contributed by atoms with van der Waals surface area (Å²) in [6, 6.07) is 7.53. The number of benzene rings is 1. The van der Waals surface area contributed by atoms with Gasteiger partial charge in [-0.25, -0.2) is 4.79 Å². The van der Waals surface area contributed by atoms with Crippen molar-refractivity contribution in [1.29, 1.82) is 0 Å². The van der Waals surface area contributed by atoms with Crippen molar-refractivity contribution in [3.05, 3.63) is 29.8 Å². The van der Waals surface area contributed by atoms with E-state index < -0.39 is 17.8 Å². The molecule has 3 rings (SSSR count). The van der Waals surface area contributed by atoms with E-state index in [1.807, 2.05) is 24.3 Å². The molecule has 1 atom stereocenters. The highest BCUT2D eigenvalue weighted by molar-refractivity contribution is 5.82. The summed E-state index contributed by atoms with van der Waals surface area (Å²) in [6.07, 6.45) is -0.969. The molecule has 7 nitrogen and oxygen atoms in total. The van der Waals surface area contributed by atoms with Crippen molar-refractivity contribution in [2.75, 3.05) is 26.7 Å². The van der Waals surface area contributed by atoms with Crippen molar-refractivity contribution in [3.8, 4) is 5.75 Å². The summed E-state index contributed by atoms with van der Waals surface area (Å²) < 4.78 is 16.0. The molecule has 1 aromatic carbocycles.